The average molecular weight is 536 g/mol. The largest absolute Gasteiger partial charge is 0.397 e. The number of anilines is 12. The van der Waals surface area contributed by atoms with E-state index in [0.29, 0.717) is 27.9 Å². The molecule has 3 rings (SSSR count). The summed E-state index contributed by atoms with van der Waals surface area (Å²) in [6.07, 6.45) is 0. The first-order valence-electron chi connectivity index (χ1n) is 8.77. The van der Waals surface area contributed by atoms with Crippen LogP contribution in [0.25, 0.3) is 22.3 Å². The zero-order valence-electron chi connectivity index (χ0n) is 16.4. The second-order valence-electron chi connectivity index (χ2n) is 6.97. The summed E-state index contributed by atoms with van der Waals surface area (Å²) >= 11 is 1.92. The van der Waals surface area contributed by atoms with Gasteiger partial charge in [-0.05, 0) is 12.1 Å². The molecule has 0 saturated carbocycles. The summed E-state index contributed by atoms with van der Waals surface area (Å²) in [6, 6.07) is 3.11. The molecule has 3 aromatic rings. The molecule has 3 aromatic carbocycles. The fourth-order valence-electron chi connectivity index (χ4n) is 3.39. The highest BCUT2D eigenvalue weighted by Crippen LogP contribution is 2.54. The Hall–Kier alpha value is -4.01. The van der Waals surface area contributed by atoms with Gasteiger partial charge in [0.25, 0.3) is 0 Å². The number of rotatable bonds is 3. The third-order valence-corrected chi connectivity index (χ3v) is 5.75. The van der Waals surface area contributed by atoms with E-state index in [9.17, 15) is 0 Å². The molecule has 0 aliphatic rings. The lowest BCUT2D eigenvalue weighted by atomic mass is 9.89. The zero-order chi connectivity index (χ0) is 23.4. The van der Waals surface area contributed by atoms with Gasteiger partial charge in [-0.2, -0.15) is 0 Å². The molecule has 31 heavy (non-hydrogen) atoms. The summed E-state index contributed by atoms with van der Waals surface area (Å²) < 4.78 is 3.05. The number of halogens is 1. The lowest BCUT2D eigenvalue weighted by Gasteiger charge is -2.24. The van der Waals surface area contributed by atoms with E-state index in [2.05, 4.69) is 3.53 Å². The van der Waals surface area contributed by atoms with Crippen LogP contribution in [0.1, 0.15) is 0 Å². The Bertz CT molecular complexity index is 1150. The molecule has 12 nitrogen and oxygen atoms in total. The number of hydrogen-bond acceptors (Lipinski definition) is 12. The van der Waals surface area contributed by atoms with Crippen molar-refractivity contribution in [2.75, 3.05) is 66.6 Å². The van der Waals surface area contributed by atoms with Crippen molar-refractivity contribution < 1.29 is 0 Å². The molecule has 0 aliphatic carbocycles. The van der Waals surface area contributed by atoms with Gasteiger partial charge in [-0.25, -0.2) is 0 Å². The molecule has 0 amide bonds. The van der Waals surface area contributed by atoms with E-state index in [1.54, 1.807) is 12.1 Å². The van der Waals surface area contributed by atoms with Crippen molar-refractivity contribution in [1.82, 2.24) is 0 Å². The molecule has 0 aliphatic heterocycles. The highest BCUT2D eigenvalue weighted by molar-refractivity contribution is 14.1. The highest BCUT2D eigenvalue weighted by Gasteiger charge is 2.26. The summed E-state index contributed by atoms with van der Waals surface area (Å²) in [5.74, 6) is 0. The molecule has 0 saturated heterocycles. The molecular formula is C18H25IN12. The highest BCUT2D eigenvalue weighted by atomic mass is 127. The van der Waals surface area contributed by atoms with Gasteiger partial charge in [0, 0.05) is 22.3 Å². The van der Waals surface area contributed by atoms with Gasteiger partial charge >= 0.3 is 0 Å². The van der Waals surface area contributed by atoms with E-state index >= 15 is 0 Å². The maximum atomic E-state index is 6.35. The minimum absolute atomic E-state index is 0.0992. The normalized spacial score (nSPS) is 10.9. The standard InChI is InChI=1S/C18H25IN12/c19-31-18-7(3-1-5(20)11(24)15(28)9(3)22)13(26)17(30)14(27)8(18)4-2-6(21)12(25)16(29)10(4)23/h1-2,31H,20-30H2. The molecule has 0 heterocycles. The van der Waals surface area contributed by atoms with Gasteiger partial charge in [-0.15, -0.1) is 0 Å². The van der Waals surface area contributed by atoms with Crippen LogP contribution in [0.5, 0.6) is 0 Å². The van der Waals surface area contributed by atoms with Crippen molar-refractivity contribution in [3.05, 3.63) is 12.1 Å². The first-order valence-corrected chi connectivity index (χ1v) is 9.85. The minimum Gasteiger partial charge on any atom is -0.397 e. The Morgan fingerprint density at radius 1 is 0.452 bits per heavy atom. The predicted molar refractivity (Wildman–Crippen MR) is 143 cm³/mol. The second kappa shape index (κ2) is 7.35. The molecule has 0 radical (unpaired) electrons. The van der Waals surface area contributed by atoms with Crippen LogP contribution in [0, 0.1) is 0 Å². The van der Waals surface area contributed by atoms with Gasteiger partial charge in [0.15, 0.2) is 0 Å². The van der Waals surface area contributed by atoms with Gasteiger partial charge in [-0.1, -0.05) is 0 Å². The van der Waals surface area contributed by atoms with Crippen LogP contribution in [0.3, 0.4) is 0 Å². The smallest absolute Gasteiger partial charge is 0.0809 e. The predicted octanol–water partition coefficient (Wildman–Crippen LogP) is 1.19. The van der Waals surface area contributed by atoms with Gasteiger partial charge in [0.1, 0.15) is 0 Å². The van der Waals surface area contributed by atoms with Crippen LogP contribution in [0.15, 0.2) is 12.1 Å². The van der Waals surface area contributed by atoms with Crippen LogP contribution in [0.2, 0.25) is 0 Å². The molecule has 0 spiro atoms. The van der Waals surface area contributed by atoms with E-state index in [4.69, 9.17) is 63.1 Å². The van der Waals surface area contributed by atoms with Gasteiger partial charge in [0.2, 0.25) is 0 Å². The van der Waals surface area contributed by atoms with Crippen LogP contribution in [0.4, 0.5) is 68.2 Å². The first kappa shape index (κ1) is 21.7. The Kier molecular flexibility index (Phi) is 5.14. The molecule has 13 heteroatoms. The SMILES string of the molecule is Nc1cc(-c2c(N)c(N)c(N)c(-c3cc(N)c(N)c(N)c3N)c2NI)c(N)c(N)c1N. The monoisotopic (exact) mass is 536 g/mol. The summed E-state index contributed by atoms with van der Waals surface area (Å²) in [5, 5.41) is 0. The number of nitrogen functional groups attached to an aromatic ring is 11. The first-order chi connectivity index (χ1) is 14.4. The van der Waals surface area contributed by atoms with E-state index in [-0.39, 0.29) is 62.6 Å². The second-order valence-corrected chi connectivity index (χ2v) is 7.51. The third kappa shape index (κ3) is 3.05. The molecule has 0 atom stereocenters. The van der Waals surface area contributed by atoms with E-state index in [1.807, 2.05) is 22.9 Å². The minimum atomic E-state index is 0.0992. The number of benzene rings is 3. The van der Waals surface area contributed by atoms with Crippen LogP contribution < -0.4 is 66.6 Å². The van der Waals surface area contributed by atoms with Gasteiger partial charge < -0.3 is 66.6 Å². The maximum absolute atomic E-state index is 6.35. The summed E-state index contributed by atoms with van der Waals surface area (Å²) in [5.41, 5.74) is 71.2. The van der Waals surface area contributed by atoms with Crippen molar-refractivity contribution in [2.45, 2.75) is 0 Å². The van der Waals surface area contributed by atoms with Crippen LogP contribution in [-0.2, 0) is 0 Å². The number of nitrogens with two attached hydrogens (primary N) is 11. The van der Waals surface area contributed by atoms with Crippen LogP contribution in [-0.4, -0.2) is 0 Å². The van der Waals surface area contributed by atoms with Crippen molar-refractivity contribution in [3.8, 4) is 22.3 Å². The van der Waals surface area contributed by atoms with Gasteiger partial charge in [-0.3, -0.25) is 0 Å². The fourth-order valence-corrected chi connectivity index (χ4v) is 3.93. The lowest BCUT2D eigenvalue weighted by Crippen LogP contribution is -2.11. The van der Waals surface area contributed by atoms with Crippen molar-refractivity contribution in [1.29, 1.82) is 0 Å². The fraction of sp³-hybridized carbons (Fsp3) is 0. The van der Waals surface area contributed by atoms with Crippen molar-refractivity contribution >= 4 is 91.1 Å². The third-order valence-electron chi connectivity index (χ3n) is 5.21. The van der Waals surface area contributed by atoms with Crippen molar-refractivity contribution in [3.63, 3.8) is 0 Å². The van der Waals surface area contributed by atoms with E-state index < -0.39 is 0 Å². The number of nitrogens with one attached hydrogen (secondary N) is 1. The molecule has 0 fully saturated rings. The van der Waals surface area contributed by atoms with E-state index in [1.165, 1.54) is 0 Å². The van der Waals surface area contributed by atoms with Gasteiger partial charge in [0.05, 0.1) is 91.1 Å². The molecule has 0 bridgehead atoms. The Morgan fingerprint density at radius 3 is 1.10 bits per heavy atom. The molecular weight excluding hydrogens is 511 g/mol. The Morgan fingerprint density at radius 2 is 0.774 bits per heavy atom. The Balaban J connectivity index is 2.54. The quantitative estimate of drug-likeness (QED) is 0.128. The van der Waals surface area contributed by atoms with Crippen LogP contribution >= 0.6 is 22.9 Å². The number of hydrogen-bond donors (Lipinski definition) is 12. The summed E-state index contributed by atoms with van der Waals surface area (Å²) in [6.45, 7) is 0. The average Bonchev–Trinajstić information content (AvgIpc) is 2.74. The zero-order valence-corrected chi connectivity index (χ0v) is 18.5. The lowest BCUT2D eigenvalue weighted by molar-refractivity contribution is 1.55. The molecule has 0 aromatic heterocycles. The maximum Gasteiger partial charge on any atom is 0.0809 e. The molecule has 0 unspecified atom stereocenters. The summed E-state index contributed by atoms with van der Waals surface area (Å²) in [7, 11) is 0. The summed E-state index contributed by atoms with van der Waals surface area (Å²) in [4.78, 5) is 0. The topological polar surface area (TPSA) is 298 Å². The Labute approximate surface area is 191 Å². The molecule has 164 valence electrons. The van der Waals surface area contributed by atoms with E-state index in [0.717, 1.165) is 0 Å². The van der Waals surface area contributed by atoms with Crippen molar-refractivity contribution in [2.24, 2.45) is 0 Å². The molecule has 23 N–H and O–H groups in total.